The third-order valence-electron chi connectivity index (χ3n) is 3.87. The van der Waals surface area contributed by atoms with Gasteiger partial charge in [-0.05, 0) is 12.8 Å². The number of hydrogen-bond donors (Lipinski definition) is 0. The summed E-state index contributed by atoms with van der Waals surface area (Å²) in [6, 6.07) is 0. The van der Waals surface area contributed by atoms with Crippen LogP contribution in [0.5, 0.6) is 0 Å². The zero-order valence-electron chi connectivity index (χ0n) is 12.0. The molecule has 0 heterocycles. The van der Waals surface area contributed by atoms with Crippen LogP contribution in [-0.2, 0) is 14.3 Å². The molecular weight excluding hydrogens is 228 g/mol. The molecule has 0 aromatic heterocycles. The Hall–Kier alpha value is -0.410. The monoisotopic (exact) mass is 256 g/mol. The van der Waals surface area contributed by atoms with E-state index < -0.39 is 0 Å². The Labute approximate surface area is 111 Å². The van der Waals surface area contributed by atoms with Gasteiger partial charge in [-0.2, -0.15) is 0 Å². The molecule has 1 fully saturated rings. The highest BCUT2D eigenvalue weighted by Crippen LogP contribution is 2.23. The Morgan fingerprint density at radius 2 is 1.50 bits per heavy atom. The second kappa shape index (κ2) is 9.51. The third-order valence-corrected chi connectivity index (χ3v) is 3.87. The van der Waals surface area contributed by atoms with Crippen LogP contribution in [0, 0.1) is 5.92 Å². The van der Waals surface area contributed by atoms with Gasteiger partial charge in [-0.1, -0.05) is 38.5 Å². The zero-order chi connectivity index (χ0) is 13.2. The van der Waals surface area contributed by atoms with Crippen LogP contribution in [0.25, 0.3) is 0 Å². The highest BCUT2D eigenvalue weighted by Gasteiger charge is 2.23. The summed E-state index contributed by atoms with van der Waals surface area (Å²) in [6.07, 6.45) is 10.8. The van der Waals surface area contributed by atoms with Crippen molar-refractivity contribution >= 4 is 5.78 Å². The summed E-state index contributed by atoms with van der Waals surface area (Å²) in [5, 5.41) is 0. The van der Waals surface area contributed by atoms with E-state index >= 15 is 0 Å². The molecule has 0 amide bonds. The van der Waals surface area contributed by atoms with Crippen LogP contribution in [0.4, 0.5) is 0 Å². The summed E-state index contributed by atoms with van der Waals surface area (Å²) in [7, 11) is 3.32. The first-order chi connectivity index (χ1) is 8.77. The molecule has 0 aromatic rings. The smallest absolute Gasteiger partial charge is 0.160 e. The molecule has 0 bridgehead atoms. The number of ether oxygens (including phenoxy) is 2. The van der Waals surface area contributed by atoms with E-state index in [0.717, 1.165) is 19.3 Å². The molecule has 1 rings (SSSR count). The predicted molar refractivity (Wildman–Crippen MR) is 72.5 cm³/mol. The Morgan fingerprint density at radius 3 is 2.11 bits per heavy atom. The van der Waals surface area contributed by atoms with Crippen LogP contribution < -0.4 is 0 Å². The van der Waals surface area contributed by atoms with Gasteiger partial charge in [0.1, 0.15) is 5.78 Å². The maximum absolute atomic E-state index is 11.9. The lowest BCUT2D eigenvalue weighted by molar-refractivity contribution is -0.147. The van der Waals surface area contributed by atoms with E-state index in [1.807, 2.05) is 0 Å². The van der Waals surface area contributed by atoms with Crippen molar-refractivity contribution in [3.05, 3.63) is 0 Å². The summed E-state index contributed by atoms with van der Waals surface area (Å²) in [4.78, 5) is 11.9. The van der Waals surface area contributed by atoms with Crippen LogP contribution in [0.3, 0.4) is 0 Å². The van der Waals surface area contributed by atoms with Gasteiger partial charge in [-0.3, -0.25) is 4.79 Å². The fourth-order valence-corrected chi connectivity index (χ4v) is 2.82. The standard InChI is InChI=1S/C15H28O3/c1-17-15(18-2)13-10-8-6-4-3-5-7-9-11-14(16)12-13/h13,15H,3-12H2,1-2H3. The van der Waals surface area contributed by atoms with Crippen molar-refractivity contribution in [2.75, 3.05) is 14.2 Å². The normalized spacial score (nSPS) is 24.6. The molecule has 3 heteroatoms. The van der Waals surface area contributed by atoms with Gasteiger partial charge < -0.3 is 9.47 Å². The van der Waals surface area contributed by atoms with Crippen molar-refractivity contribution in [2.45, 2.75) is 70.5 Å². The maximum atomic E-state index is 11.9. The molecule has 0 N–H and O–H groups in total. The fraction of sp³-hybridized carbons (Fsp3) is 0.933. The minimum atomic E-state index is -0.225. The minimum Gasteiger partial charge on any atom is -0.356 e. The molecule has 18 heavy (non-hydrogen) atoms. The summed E-state index contributed by atoms with van der Waals surface area (Å²) < 4.78 is 10.7. The Morgan fingerprint density at radius 1 is 0.944 bits per heavy atom. The van der Waals surface area contributed by atoms with E-state index in [1.165, 1.54) is 38.5 Å². The Bertz CT molecular complexity index is 224. The van der Waals surface area contributed by atoms with Crippen LogP contribution in [-0.4, -0.2) is 26.3 Å². The van der Waals surface area contributed by atoms with Gasteiger partial charge >= 0.3 is 0 Å². The molecule has 1 saturated carbocycles. The first-order valence-electron chi connectivity index (χ1n) is 7.35. The lowest BCUT2D eigenvalue weighted by Crippen LogP contribution is -2.27. The summed E-state index contributed by atoms with van der Waals surface area (Å²) in [5.74, 6) is 0.603. The molecule has 1 aliphatic carbocycles. The van der Waals surface area contributed by atoms with E-state index in [9.17, 15) is 4.79 Å². The molecule has 0 aliphatic heterocycles. The summed E-state index contributed by atoms with van der Waals surface area (Å²) >= 11 is 0. The fourth-order valence-electron chi connectivity index (χ4n) is 2.82. The summed E-state index contributed by atoms with van der Waals surface area (Å²) in [5.41, 5.74) is 0. The maximum Gasteiger partial charge on any atom is 0.160 e. The van der Waals surface area contributed by atoms with Crippen LogP contribution in [0.1, 0.15) is 64.2 Å². The van der Waals surface area contributed by atoms with Crippen molar-refractivity contribution in [3.63, 3.8) is 0 Å². The Balaban J connectivity index is 2.51. The zero-order valence-corrected chi connectivity index (χ0v) is 12.0. The number of carbonyl (C=O) groups excluding carboxylic acids is 1. The molecule has 1 aliphatic rings. The van der Waals surface area contributed by atoms with E-state index in [-0.39, 0.29) is 12.2 Å². The molecule has 0 spiro atoms. The average molecular weight is 256 g/mol. The number of methoxy groups -OCH3 is 2. The van der Waals surface area contributed by atoms with Crippen molar-refractivity contribution < 1.29 is 14.3 Å². The van der Waals surface area contributed by atoms with Crippen molar-refractivity contribution in [1.29, 1.82) is 0 Å². The number of carbonyl (C=O) groups is 1. The lowest BCUT2D eigenvalue weighted by atomic mass is 9.91. The third kappa shape index (κ3) is 5.96. The van der Waals surface area contributed by atoms with Crippen LogP contribution >= 0.6 is 0 Å². The minimum absolute atomic E-state index is 0.225. The summed E-state index contributed by atoms with van der Waals surface area (Å²) in [6.45, 7) is 0. The highest BCUT2D eigenvalue weighted by molar-refractivity contribution is 5.78. The number of rotatable bonds is 3. The van der Waals surface area contributed by atoms with E-state index in [0.29, 0.717) is 12.2 Å². The molecule has 1 atom stereocenters. The molecule has 0 radical (unpaired) electrons. The molecule has 0 aromatic carbocycles. The van der Waals surface area contributed by atoms with E-state index in [4.69, 9.17) is 9.47 Å². The lowest BCUT2D eigenvalue weighted by Gasteiger charge is -2.24. The van der Waals surface area contributed by atoms with Gasteiger partial charge in [-0.25, -0.2) is 0 Å². The Kier molecular flexibility index (Phi) is 8.27. The van der Waals surface area contributed by atoms with E-state index in [2.05, 4.69) is 0 Å². The highest BCUT2D eigenvalue weighted by atomic mass is 16.7. The van der Waals surface area contributed by atoms with E-state index in [1.54, 1.807) is 14.2 Å². The topological polar surface area (TPSA) is 35.5 Å². The molecule has 0 saturated heterocycles. The van der Waals surface area contributed by atoms with Gasteiger partial charge in [0.25, 0.3) is 0 Å². The predicted octanol–water partition coefficient (Wildman–Crippen LogP) is 3.71. The van der Waals surface area contributed by atoms with Crippen molar-refractivity contribution in [1.82, 2.24) is 0 Å². The molecular formula is C15H28O3. The average Bonchev–Trinajstić information content (AvgIpc) is 2.35. The first kappa shape index (κ1) is 15.6. The number of hydrogen-bond acceptors (Lipinski definition) is 3. The van der Waals surface area contributed by atoms with Gasteiger partial charge in [0.05, 0.1) is 0 Å². The van der Waals surface area contributed by atoms with Gasteiger partial charge in [-0.15, -0.1) is 0 Å². The van der Waals surface area contributed by atoms with Crippen molar-refractivity contribution in [2.24, 2.45) is 5.92 Å². The van der Waals surface area contributed by atoms with Crippen molar-refractivity contribution in [3.8, 4) is 0 Å². The molecule has 3 nitrogen and oxygen atoms in total. The second-order valence-electron chi connectivity index (χ2n) is 5.36. The first-order valence-corrected chi connectivity index (χ1v) is 7.35. The molecule has 106 valence electrons. The van der Waals surface area contributed by atoms with Crippen LogP contribution in [0.2, 0.25) is 0 Å². The molecule has 1 unspecified atom stereocenters. The number of Topliss-reactive ketones (excluding diaryl/α,β-unsaturated/α-hetero) is 1. The van der Waals surface area contributed by atoms with Gasteiger partial charge in [0.15, 0.2) is 6.29 Å². The second-order valence-corrected chi connectivity index (χ2v) is 5.36. The number of ketones is 1. The van der Waals surface area contributed by atoms with Gasteiger partial charge in [0, 0.05) is 33.0 Å². The SMILES string of the molecule is COC(OC)C1CCCCCCCCCC(=O)C1. The quantitative estimate of drug-likeness (QED) is 0.722. The van der Waals surface area contributed by atoms with Crippen LogP contribution in [0.15, 0.2) is 0 Å². The van der Waals surface area contributed by atoms with Gasteiger partial charge in [0.2, 0.25) is 0 Å². The largest absolute Gasteiger partial charge is 0.356 e.